The average molecular weight is 1060 g/mol. The predicted octanol–water partition coefficient (Wildman–Crippen LogP) is 10.2. The van der Waals surface area contributed by atoms with Gasteiger partial charge in [-0.1, -0.05) is 56.7 Å². The highest BCUT2D eigenvalue weighted by Gasteiger charge is 2.64. The molecule has 0 heterocycles. The van der Waals surface area contributed by atoms with E-state index < -0.39 is 53.5 Å². The van der Waals surface area contributed by atoms with Crippen LogP contribution in [0.3, 0.4) is 0 Å². The second-order valence-electron chi connectivity index (χ2n) is 25.4. The molecular weight excluding hydrogens is 985 g/mol. The molecule has 0 radical (unpaired) electrons. The van der Waals surface area contributed by atoms with Crippen molar-refractivity contribution in [3.05, 3.63) is 88.0 Å². The summed E-state index contributed by atoms with van der Waals surface area (Å²) in [6.45, 7) is 6.59. The molecule has 12 heteroatoms. The molecule has 15 atom stereocenters. The van der Waals surface area contributed by atoms with Crippen LogP contribution < -0.4 is 9.47 Å². The molecule has 6 fully saturated rings. The number of terminal acetylenes is 3. The van der Waals surface area contributed by atoms with Gasteiger partial charge in [-0.2, -0.15) is 0 Å². The number of carboxylic acids is 2. The van der Waals surface area contributed by atoms with Gasteiger partial charge in [0.25, 0.3) is 0 Å². The van der Waals surface area contributed by atoms with Crippen molar-refractivity contribution in [1.29, 1.82) is 0 Å². The van der Waals surface area contributed by atoms with Crippen LogP contribution in [0, 0.1) is 88.8 Å². The van der Waals surface area contributed by atoms with Gasteiger partial charge in [0.05, 0.1) is 0 Å². The minimum atomic E-state index is -1.31. The van der Waals surface area contributed by atoms with E-state index in [2.05, 4.69) is 56.7 Å². The summed E-state index contributed by atoms with van der Waals surface area (Å²) in [4.78, 5) is 44.5. The number of ether oxygens (including phenoxy) is 2. The van der Waals surface area contributed by atoms with Crippen molar-refractivity contribution in [2.75, 3.05) is 0 Å². The zero-order chi connectivity index (χ0) is 55.7. The van der Waals surface area contributed by atoms with E-state index >= 15 is 0 Å². The van der Waals surface area contributed by atoms with Gasteiger partial charge < -0.3 is 40.1 Å². The molecule has 412 valence electrons. The Morgan fingerprint density at radius 3 is 1.14 bits per heavy atom. The van der Waals surface area contributed by atoms with Crippen molar-refractivity contribution in [2.24, 2.45) is 51.8 Å². The molecule has 0 aromatic heterocycles. The number of aryl methyl sites for hydroxylation is 3. The Labute approximate surface area is 459 Å². The molecule has 0 amide bonds. The third-order valence-electron chi connectivity index (χ3n) is 22.3. The van der Waals surface area contributed by atoms with Crippen molar-refractivity contribution in [3.63, 3.8) is 0 Å². The number of carbonyl (C=O) groups excluding carboxylic acids is 2. The maximum atomic E-state index is 12.8. The molecule has 0 spiro atoms. The van der Waals surface area contributed by atoms with Crippen LogP contribution in [-0.4, -0.2) is 71.3 Å². The van der Waals surface area contributed by atoms with Crippen molar-refractivity contribution < 1.29 is 59.3 Å². The van der Waals surface area contributed by atoms with E-state index in [4.69, 9.17) is 39.0 Å². The number of phenolic OH excluding ortho intramolecular Hbond substituents is 1. The summed E-state index contributed by atoms with van der Waals surface area (Å²) in [7, 11) is 0. The Hall–Kier alpha value is -6.10. The standard InChI is InChI=1S/C43H48O6.C20H24O2.C3H4O4/c1-5-42(46)21-17-36-34-11-7-26-23-28(9-13-30(26)32(34)15-19-40(36,42)3)48-38(44)25-39(45)49-29-10-14-31-27(24-29)8-12-35-33(31)16-20-41(4)37(35)18-22-43(41,47)6-2;1-3-20(22)11-9-18-17-6-4-13-12-14(21)5-7-15(13)16(17)8-10-19(18,20)2;4-2(5)1-3(6)7/h1-2,9-10,13-14,23-24,32-37,46-47H,7-8,11-12,15-22,25H2,3-4H3;1,5,7,12,16-18,21-22H,4,6,8-11H2,2H3;1H2,(H,4,5)(H,6,7)/t32?,33?,34?,35?,36?,37?,40-,41-,42-,43-;16?,17?,18?,19-,20-;/m00./s1. The largest absolute Gasteiger partial charge is 0.508 e. The van der Waals surface area contributed by atoms with Gasteiger partial charge in [0.1, 0.15) is 46.9 Å². The minimum Gasteiger partial charge on any atom is -0.508 e. The third-order valence-corrected chi connectivity index (χ3v) is 22.3. The van der Waals surface area contributed by atoms with Crippen LogP contribution in [0.4, 0.5) is 0 Å². The molecule has 0 bridgehead atoms. The third kappa shape index (κ3) is 9.20. The molecule has 6 N–H and O–H groups in total. The number of benzene rings is 3. The normalized spacial score (nSPS) is 37.8. The molecule has 9 unspecified atom stereocenters. The maximum Gasteiger partial charge on any atom is 0.322 e. The Morgan fingerprint density at radius 1 is 0.487 bits per heavy atom. The monoisotopic (exact) mass is 1060 g/mol. The first kappa shape index (κ1) is 55.2. The molecule has 78 heavy (non-hydrogen) atoms. The first-order valence-corrected chi connectivity index (χ1v) is 28.6. The van der Waals surface area contributed by atoms with Crippen LogP contribution in [-0.2, 0) is 38.4 Å². The number of aliphatic carboxylic acids is 2. The second kappa shape index (κ2) is 20.5. The van der Waals surface area contributed by atoms with Gasteiger partial charge in [-0.25, -0.2) is 0 Å². The summed E-state index contributed by atoms with van der Waals surface area (Å²) < 4.78 is 11.3. The Bertz CT molecular complexity index is 2890. The van der Waals surface area contributed by atoms with Crippen LogP contribution in [0.2, 0.25) is 0 Å². The SMILES string of the molecule is C#C[C@]1(O)CCC2C3CCc4cc(O)ccc4C3CC[C@@]21C.C#C[C@]1(O)CCC2C3CCc4cc(OC(=O)CC(=O)Oc5ccc6c(c5)CCC5C6CC[C@@]6(C)C5CC[C@@]6(O)C#C)ccc4C3CC[C@@]21C.O=C(O)CC(=O)O. The quantitative estimate of drug-likeness (QED) is 0.0590. The lowest BCUT2D eigenvalue weighted by Crippen LogP contribution is -2.50. The number of rotatable bonds is 6. The number of aliphatic hydroxyl groups is 3. The van der Waals surface area contributed by atoms with E-state index in [0.29, 0.717) is 83.4 Å². The smallest absolute Gasteiger partial charge is 0.322 e. The number of phenols is 1. The lowest BCUT2D eigenvalue weighted by molar-refractivity contribution is -0.148. The van der Waals surface area contributed by atoms with E-state index in [9.17, 15) is 39.6 Å². The highest BCUT2D eigenvalue weighted by atomic mass is 16.6. The highest BCUT2D eigenvalue weighted by Crippen LogP contribution is 2.67. The Kier molecular flexibility index (Phi) is 14.5. The lowest BCUT2D eigenvalue weighted by atomic mass is 9.53. The van der Waals surface area contributed by atoms with Crippen LogP contribution in [0.25, 0.3) is 0 Å². The van der Waals surface area contributed by atoms with Gasteiger partial charge in [-0.3, -0.25) is 19.2 Å². The van der Waals surface area contributed by atoms with Gasteiger partial charge in [-0.15, -0.1) is 19.3 Å². The molecule has 0 saturated heterocycles. The van der Waals surface area contributed by atoms with Gasteiger partial charge in [0, 0.05) is 16.2 Å². The highest BCUT2D eigenvalue weighted by molar-refractivity contribution is 5.93. The van der Waals surface area contributed by atoms with Crippen LogP contribution in [0.1, 0.15) is 181 Å². The molecule has 9 aliphatic carbocycles. The summed E-state index contributed by atoms with van der Waals surface area (Å²) in [5, 5.41) is 58.5. The first-order valence-electron chi connectivity index (χ1n) is 28.6. The van der Waals surface area contributed by atoms with Gasteiger partial charge in [0.15, 0.2) is 0 Å². The van der Waals surface area contributed by atoms with E-state index in [1.807, 2.05) is 36.4 Å². The molecule has 9 aliphatic rings. The number of esters is 2. The van der Waals surface area contributed by atoms with Crippen LogP contribution in [0.5, 0.6) is 17.2 Å². The Balaban J connectivity index is 0.000000195. The number of carbonyl (C=O) groups is 4. The average Bonchev–Trinajstić information content (AvgIpc) is 4.18. The molecule has 12 rings (SSSR count). The lowest BCUT2D eigenvalue weighted by Gasteiger charge is -2.52. The summed E-state index contributed by atoms with van der Waals surface area (Å²) in [5.74, 6) is 9.93. The number of fused-ring (bicyclic) bond motifs is 15. The summed E-state index contributed by atoms with van der Waals surface area (Å²) in [5.41, 5.74) is 4.20. The first-order chi connectivity index (χ1) is 37.0. The number of hydrogen-bond acceptors (Lipinski definition) is 10. The van der Waals surface area contributed by atoms with Gasteiger partial charge in [0.2, 0.25) is 0 Å². The molecular formula is C66H76O12. The molecule has 12 nitrogen and oxygen atoms in total. The summed E-state index contributed by atoms with van der Waals surface area (Å²) >= 11 is 0. The zero-order valence-electron chi connectivity index (χ0n) is 45.4. The molecule has 3 aromatic rings. The van der Waals surface area contributed by atoms with Crippen molar-refractivity contribution >= 4 is 23.9 Å². The number of hydrogen-bond donors (Lipinski definition) is 6. The van der Waals surface area contributed by atoms with Gasteiger partial charge in [-0.05, 0) is 239 Å². The van der Waals surface area contributed by atoms with E-state index in [1.165, 1.54) is 33.4 Å². The summed E-state index contributed by atoms with van der Waals surface area (Å²) in [6, 6.07) is 17.6. The van der Waals surface area contributed by atoms with E-state index in [0.717, 1.165) is 103 Å². The van der Waals surface area contributed by atoms with Crippen molar-refractivity contribution in [2.45, 2.75) is 184 Å². The second-order valence-corrected chi connectivity index (χ2v) is 25.4. The fourth-order valence-electron chi connectivity index (χ4n) is 18.2. The molecule has 0 aliphatic heterocycles. The fourth-order valence-corrected chi connectivity index (χ4v) is 18.2. The zero-order valence-corrected chi connectivity index (χ0v) is 45.4. The fraction of sp³-hybridized carbons (Fsp3) is 0.576. The number of aromatic hydroxyl groups is 1. The van der Waals surface area contributed by atoms with Gasteiger partial charge >= 0.3 is 23.9 Å². The predicted molar refractivity (Wildman–Crippen MR) is 292 cm³/mol. The Morgan fingerprint density at radius 2 is 0.821 bits per heavy atom. The summed E-state index contributed by atoms with van der Waals surface area (Å²) in [6.07, 6.45) is 33.0. The van der Waals surface area contributed by atoms with Crippen molar-refractivity contribution in [1.82, 2.24) is 0 Å². The maximum absolute atomic E-state index is 12.8. The number of carboxylic acid groups (broad SMARTS) is 2. The van der Waals surface area contributed by atoms with E-state index in [-0.39, 0.29) is 16.2 Å². The topological polar surface area (TPSA) is 208 Å². The van der Waals surface area contributed by atoms with Crippen molar-refractivity contribution in [3.8, 4) is 54.3 Å². The minimum absolute atomic E-state index is 0.128. The molecule has 6 saturated carbocycles. The molecule has 3 aromatic carbocycles. The van der Waals surface area contributed by atoms with E-state index in [1.54, 1.807) is 0 Å². The van der Waals surface area contributed by atoms with Crippen LogP contribution >= 0.6 is 0 Å². The van der Waals surface area contributed by atoms with Crippen LogP contribution in [0.15, 0.2) is 54.6 Å².